The Morgan fingerprint density at radius 3 is 2.74 bits per heavy atom. The minimum atomic E-state index is 0.243. The Morgan fingerprint density at radius 2 is 1.96 bits per heavy atom. The van der Waals surface area contributed by atoms with E-state index in [1.54, 1.807) is 0 Å². The number of likely N-dealkylation sites (N-methyl/N-ethyl adjacent to an activating group) is 1. The van der Waals surface area contributed by atoms with Crippen molar-refractivity contribution in [3.8, 4) is 5.75 Å². The monoisotopic (exact) mass is 367 g/mol. The summed E-state index contributed by atoms with van der Waals surface area (Å²) in [6.07, 6.45) is 5.33. The highest BCUT2D eigenvalue weighted by molar-refractivity contribution is 5.76. The third kappa shape index (κ3) is 6.07. The number of ether oxygens (including phenoxy) is 1. The number of benzene rings is 1. The molecule has 0 saturated carbocycles. The molecule has 1 aromatic carbocycles. The van der Waals surface area contributed by atoms with Gasteiger partial charge in [0.1, 0.15) is 12.4 Å². The SMILES string of the molecule is CN(CCc1ccccn1)C1CCC(=O)N(CCOc2ccccc2)CC1. The lowest BCUT2D eigenvalue weighted by molar-refractivity contribution is -0.131. The molecule has 1 aromatic heterocycles. The van der Waals surface area contributed by atoms with Gasteiger partial charge in [0.2, 0.25) is 5.91 Å². The molecule has 1 fully saturated rings. The van der Waals surface area contributed by atoms with Crippen molar-refractivity contribution in [3.63, 3.8) is 0 Å². The Labute approximate surface area is 162 Å². The van der Waals surface area contributed by atoms with Crippen molar-refractivity contribution in [1.82, 2.24) is 14.8 Å². The summed E-state index contributed by atoms with van der Waals surface area (Å²) < 4.78 is 5.75. The molecular formula is C22H29N3O2. The highest BCUT2D eigenvalue weighted by Gasteiger charge is 2.24. The van der Waals surface area contributed by atoms with Crippen LogP contribution in [-0.4, -0.2) is 60.0 Å². The lowest BCUT2D eigenvalue weighted by Gasteiger charge is -2.27. The van der Waals surface area contributed by atoms with Crippen LogP contribution in [0.2, 0.25) is 0 Å². The summed E-state index contributed by atoms with van der Waals surface area (Å²) in [4.78, 5) is 21.2. The maximum atomic E-state index is 12.4. The highest BCUT2D eigenvalue weighted by atomic mass is 16.5. The number of hydrogen-bond acceptors (Lipinski definition) is 4. The molecule has 1 unspecified atom stereocenters. The number of para-hydroxylation sites is 1. The molecule has 0 bridgehead atoms. The molecule has 5 nitrogen and oxygen atoms in total. The maximum Gasteiger partial charge on any atom is 0.222 e. The van der Waals surface area contributed by atoms with Gasteiger partial charge < -0.3 is 14.5 Å². The van der Waals surface area contributed by atoms with Gasteiger partial charge in [-0.15, -0.1) is 0 Å². The van der Waals surface area contributed by atoms with Gasteiger partial charge in [-0.3, -0.25) is 9.78 Å². The predicted molar refractivity (Wildman–Crippen MR) is 107 cm³/mol. The number of likely N-dealkylation sites (tertiary alicyclic amines) is 1. The number of amides is 1. The Hall–Kier alpha value is -2.40. The topological polar surface area (TPSA) is 45.7 Å². The molecule has 5 heteroatoms. The maximum absolute atomic E-state index is 12.4. The number of hydrogen-bond donors (Lipinski definition) is 0. The normalized spacial score (nSPS) is 17.8. The van der Waals surface area contributed by atoms with Crippen molar-refractivity contribution in [2.24, 2.45) is 0 Å². The quantitative estimate of drug-likeness (QED) is 0.719. The van der Waals surface area contributed by atoms with Crippen molar-refractivity contribution >= 4 is 5.91 Å². The van der Waals surface area contributed by atoms with Crippen LogP contribution in [0.1, 0.15) is 25.0 Å². The molecule has 0 N–H and O–H groups in total. The fraction of sp³-hybridized carbons (Fsp3) is 0.455. The molecule has 1 amide bonds. The van der Waals surface area contributed by atoms with Crippen LogP contribution in [0.5, 0.6) is 5.75 Å². The molecule has 3 rings (SSSR count). The molecule has 1 saturated heterocycles. The first kappa shape index (κ1) is 19.4. The number of aromatic nitrogens is 1. The summed E-state index contributed by atoms with van der Waals surface area (Å²) in [5.41, 5.74) is 1.12. The van der Waals surface area contributed by atoms with E-state index in [0.29, 0.717) is 25.6 Å². The standard InChI is InChI=1S/C22H29N3O2/c1-24(15-12-19-7-5-6-14-23-19)20-10-11-22(26)25(16-13-20)17-18-27-21-8-3-2-4-9-21/h2-9,14,20H,10-13,15-18H2,1H3. The Bertz CT molecular complexity index is 693. The van der Waals surface area contributed by atoms with Crippen LogP contribution in [0.25, 0.3) is 0 Å². The minimum Gasteiger partial charge on any atom is -0.492 e. The van der Waals surface area contributed by atoms with Gasteiger partial charge in [-0.05, 0) is 44.2 Å². The molecule has 144 valence electrons. The van der Waals surface area contributed by atoms with Crippen LogP contribution >= 0.6 is 0 Å². The van der Waals surface area contributed by atoms with Gasteiger partial charge >= 0.3 is 0 Å². The van der Waals surface area contributed by atoms with Crippen molar-refractivity contribution in [2.75, 3.05) is 33.3 Å². The second kappa shape index (κ2) is 10.1. The molecule has 0 aliphatic carbocycles. The number of carbonyl (C=O) groups is 1. The number of carbonyl (C=O) groups excluding carboxylic acids is 1. The summed E-state index contributed by atoms with van der Waals surface area (Å²) >= 11 is 0. The van der Waals surface area contributed by atoms with Gasteiger partial charge in [-0.1, -0.05) is 24.3 Å². The molecule has 1 aliphatic heterocycles. The Balaban J connectivity index is 1.43. The predicted octanol–water partition coefficient (Wildman–Crippen LogP) is 3.02. The Kier molecular flexibility index (Phi) is 7.22. The Morgan fingerprint density at radius 1 is 1.15 bits per heavy atom. The van der Waals surface area contributed by atoms with Crippen LogP contribution in [0.15, 0.2) is 54.7 Å². The van der Waals surface area contributed by atoms with E-state index in [4.69, 9.17) is 4.74 Å². The largest absolute Gasteiger partial charge is 0.492 e. The van der Waals surface area contributed by atoms with Gasteiger partial charge in [-0.25, -0.2) is 0 Å². The fourth-order valence-corrected chi connectivity index (χ4v) is 3.51. The molecule has 1 aliphatic rings. The van der Waals surface area contributed by atoms with Crippen LogP contribution in [0.4, 0.5) is 0 Å². The molecule has 2 aromatic rings. The summed E-state index contributed by atoms with van der Waals surface area (Å²) in [5.74, 6) is 1.10. The van der Waals surface area contributed by atoms with E-state index in [1.165, 1.54) is 0 Å². The third-order valence-electron chi connectivity index (χ3n) is 5.22. The van der Waals surface area contributed by atoms with Crippen molar-refractivity contribution < 1.29 is 9.53 Å². The van der Waals surface area contributed by atoms with Gasteiger partial charge in [0.05, 0.1) is 6.54 Å². The number of nitrogens with zero attached hydrogens (tertiary/aromatic N) is 3. The van der Waals surface area contributed by atoms with E-state index in [2.05, 4.69) is 23.0 Å². The highest BCUT2D eigenvalue weighted by Crippen LogP contribution is 2.17. The summed E-state index contributed by atoms with van der Waals surface area (Å²) in [6, 6.07) is 16.2. The summed E-state index contributed by atoms with van der Waals surface area (Å²) in [6.45, 7) is 2.95. The van der Waals surface area contributed by atoms with Crippen molar-refractivity contribution in [1.29, 1.82) is 0 Å². The van der Waals surface area contributed by atoms with Gasteiger partial charge in [0.15, 0.2) is 0 Å². The summed E-state index contributed by atoms with van der Waals surface area (Å²) in [5, 5.41) is 0. The molecule has 0 radical (unpaired) electrons. The molecule has 1 atom stereocenters. The van der Waals surface area contributed by atoms with E-state index >= 15 is 0 Å². The van der Waals surface area contributed by atoms with Crippen molar-refractivity contribution in [2.45, 2.75) is 31.7 Å². The molecule has 2 heterocycles. The molecule has 0 spiro atoms. The first-order valence-electron chi connectivity index (χ1n) is 9.78. The van der Waals surface area contributed by atoms with E-state index < -0.39 is 0 Å². The fourth-order valence-electron chi connectivity index (χ4n) is 3.51. The minimum absolute atomic E-state index is 0.243. The summed E-state index contributed by atoms with van der Waals surface area (Å²) in [7, 11) is 2.16. The lowest BCUT2D eigenvalue weighted by atomic mass is 10.1. The van der Waals surface area contributed by atoms with E-state index in [1.807, 2.05) is 53.6 Å². The van der Waals surface area contributed by atoms with Crippen LogP contribution in [0.3, 0.4) is 0 Å². The second-order valence-electron chi connectivity index (χ2n) is 7.08. The van der Waals surface area contributed by atoms with Crippen LogP contribution in [-0.2, 0) is 11.2 Å². The molecule has 27 heavy (non-hydrogen) atoms. The molecular weight excluding hydrogens is 338 g/mol. The van der Waals surface area contributed by atoms with Gasteiger partial charge in [0.25, 0.3) is 0 Å². The number of pyridine rings is 1. The zero-order chi connectivity index (χ0) is 18.9. The van der Waals surface area contributed by atoms with Gasteiger partial charge in [-0.2, -0.15) is 0 Å². The number of rotatable bonds is 8. The van der Waals surface area contributed by atoms with Crippen LogP contribution in [0, 0.1) is 0 Å². The zero-order valence-electron chi connectivity index (χ0n) is 16.1. The smallest absolute Gasteiger partial charge is 0.222 e. The first-order valence-corrected chi connectivity index (χ1v) is 9.78. The second-order valence-corrected chi connectivity index (χ2v) is 7.08. The van der Waals surface area contributed by atoms with Crippen LogP contribution < -0.4 is 4.74 Å². The third-order valence-corrected chi connectivity index (χ3v) is 5.22. The average Bonchev–Trinajstić information content (AvgIpc) is 2.90. The average molecular weight is 367 g/mol. The van der Waals surface area contributed by atoms with E-state index in [9.17, 15) is 4.79 Å². The van der Waals surface area contributed by atoms with E-state index in [-0.39, 0.29) is 5.91 Å². The zero-order valence-corrected chi connectivity index (χ0v) is 16.1. The van der Waals surface area contributed by atoms with Gasteiger partial charge in [0, 0.05) is 43.9 Å². The van der Waals surface area contributed by atoms with Crippen molar-refractivity contribution in [3.05, 3.63) is 60.4 Å². The first-order chi connectivity index (χ1) is 13.2. The lowest BCUT2D eigenvalue weighted by Crippen LogP contribution is -2.36. The van der Waals surface area contributed by atoms with E-state index in [0.717, 1.165) is 43.8 Å².